The molecule has 3 heteroatoms. The highest BCUT2D eigenvalue weighted by atomic mass is 32.1. The zero-order chi connectivity index (χ0) is 13.0. The minimum atomic E-state index is 0.137. The summed E-state index contributed by atoms with van der Waals surface area (Å²) in [6.07, 6.45) is 6.58. The third-order valence-electron chi connectivity index (χ3n) is 4.93. The molecule has 0 aromatic carbocycles. The lowest BCUT2D eigenvalue weighted by Gasteiger charge is -2.41. The van der Waals surface area contributed by atoms with E-state index in [9.17, 15) is 0 Å². The highest BCUT2D eigenvalue weighted by molar-refractivity contribution is 7.11. The van der Waals surface area contributed by atoms with Gasteiger partial charge in [0.25, 0.3) is 0 Å². The van der Waals surface area contributed by atoms with E-state index in [4.69, 9.17) is 4.98 Å². The quantitative estimate of drug-likeness (QED) is 0.895. The van der Waals surface area contributed by atoms with Crippen LogP contribution in [0.4, 0.5) is 0 Å². The summed E-state index contributed by atoms with van der Waals surface area (Å²) in [4.78, 5) is 6.28. The van der Waals surface area contributed by atoms with E-state index < -0.39 is 0 Å². The summed E-state index contributed by atoms with van der Waals surface area (Å²) < 4.78 is 0. The van der Waals surface area contributed by atoms with E-state index in [1.165, 1.54) is 47.7 Å². The Bertz CT molecular complexity index is 440. The maximum atomic E-state index is 4.90. The molecule has 0 amide bonds. The first-order valence-electron chi connectivity index (χ1n) is 7.17. The molecule has 2 aliphatic carbocycles. The molecule has 1 atom stereocenters. The summed E-state index contributed by atoms with van der Waals surface area (Å²) in [6.45, 7) is 9.17. The van der Waals surface area contributed by atoms with Gasteiger partial charge in [0.05, 0.1) is 11.2 Å². The van der Waals surface area contributed by atoms with Crippen molar-refractivity contribution in [3.8, 4) is 0 Å². The van der Waals surface area contributed by atoms with Crippen LogP contribution in [-0.2, 0) is 5.54 Å². The molecule has 2 fully saturated rings. The van der Waals surface area contributed by atoms with E-state index in [0.29, 0.717) is 5.41 Å². The van der Waals surface area contributed by atoms with Crippen LogP contribution in [0.5, 0.6) is 0 Å². The van der Waals surface area contributed by atoms with E-state index in [1.807, 2.05) is 11.3 Å². The predicted octanol–water partition coefficient (Wildman–Crippen LogP) is 3.92. The van der Waals surface area contributed by atoms with Gasteiger partial charge in [-0.2, -0.15) is 0 Å². The van der Waals surface area contributed by atoms with Crippen LogP contribution in [0.2, 0.25) is 0 Å². The van der Waals surface area contributed by atoms with Gasteiger partial charge >= 0.3 is 0 Å². The molecule has 2 aliphatic rings. The van der Waals surface area contributed by atoms with Crippen molar-refractivity contribution in [3.05, 3.63) is 15.6 Å². The standard InChI is InChI=1S/C15H24N2S/c1-10-11(2)18-13(16-10)15(17-12-6-7-12)9-5-8-14(15,3)4/h12,17H,5-9H2,1-4H3. The molecule has 2 saturated carbocycles. The number of aromatic nitrogens is 1. The van der Waals surface area contributed by atoms with Crippen molar-refractivity contribution < 1.29 is 0 Å². The maximum absolute atomic E-state index is 4.90. The second kappa shape index (κ2) is 4.04. The Hall–Kier alpha value is -0.410. The van der Waals surface area contributed by atoms with E-state index in [0.717, 1.165) is 6.04 Å². The topological polar surface area (TPSA) is 24.9 Å². The van der Waals surface area contributed by atoms with Crippen molar-refractivity contribution >= 4 is 11.3 Å². The maximum Gasteiger partial charge on any atom is 0.114 e. The number of thiazole rings is 1. The van der Waals surface area contributed by atoms with Crippen molar-refractivity contribution in [2.45, 2.75) is 71.4 Å². The lowest BCUT2D eigenvalue weighted by Crippen LogP contribution is -2.50. The number of hydrogen-bond donors (Lipinski definition) is 1. The lowest BCUT2D eigenvalue weighted by molar-refractivity contribution is 0.153. The van der Waals surface area contributed by atoms with Crippen molar-refractivity contribution in [3.63, 3.8) is 0 Å². The Morgan fingerprint density at radius 1 is 1.22 bits per heavy atom. The fourth-order valence-corrected chi connectivity index (χ4v) is 4.58. The molecular weight excluding hydrogens is 240 g/mol. The molecule has 0 bridgehead atoms. The van der Waals surface area contributed by atoms with Gasteiger partial charge in [-0.05, 0) is 44.9 Å². The van der Waals surface area contributed by atoms with Gasteiger partial charge in [-0.1, -0.05) is 20.3 Å². The van der Waals surface area contributed by atoms with Crippen LogP contribution in [0.15, 0.2) is 0 Å². The Kier molecular flexibility index (Phi) is 2.83. The molecule has 2 nitrogen and oxygen atoms in total. The summed E-state index contributed by atoms with van der Waals surface area (Å²) in [5.74, 6) is 0. The molecule has 0 aliphatic heterocycles. The van der Waals surface area contributed by atoms with Gasteiger partial charge in [0.15, 0.2) is 0 Å². The van der Waals surface area contributed by atoms with E-state index in [1.54, 1.807) is 0 Å². The van der Waals surface area contributed by atoms with Crippen molar-refractivity contribution in [2.24, 2.45) is 5.41 Å². The first kappa shape index (κ1) is 12.6. The van der Waals surface area contributed by atoms with Crippen molar-refractivity contribution in [2.75, 3.05) is 0 Å². The van der Waals surface area contributed by atoms with Gasteiger partial charge in [0, 0.05) is 10.9 Å². The van der Waals surface area contributed by atoms with Gasteiger partial charge in [0.2, 0.25) is 0 Å². The molecule has 0 saturated heterocycles. The summed E-state index contributed by atoms with van der Waals surface area (Å²) in [5.41, 5.74) is 1.68. The molecule has 100 valence electrons. The van der Waals surface area contributed by atoms with Gasteiger partial charge < -0.3 is 5.32 Å². The predicted molar refractivity (Wildman–Crippen MR) is 77.1 cm³/mol. The Labute approximate surface area is 114 Å². The van der Waals surface area contributed by atoms with E-state index in [2.05, 4.69) is 33.0 Å². The number of rotatable bonds is 3. The van der Waals surface area contributed by atoms with Gasteiger partial charge in [-0.25, -0.2) is 4.98 Å². The highest BCUT2D eigenvalue weighted by Crippen LogP contribution is 2.54. The van der Waals surface area contributed by atoms with Crippen LogP contribution in [-0.4, -0.2) is 11.0 Å². The zero-order valence-electron chi connectivity index (χ0n) is 12.0. The van der Waals surface area contributed by atoms with E-state index in [-0.39, 0.29) is 5.54 Å². The van der Waals surface area contributed by atoms with Gasteiger partial charge in [-0.3, -0.25) is 0 Å². The number of hydrogen-bond acceptors (Lipinski definition) is 3. The molecule has 1 unspecified atom stereocenters. The van der Waals surface area contributed by atoms with Gasteiger partial charge in [0.1, 0.15) is 5.01 Å². The third-order valence-corrected chi connectivity index (χ3v) is 6.17. The first-order valence-corrected chi connectivity index (χ1v) is 7.98. The molecule has 1 heterocycles. The van der Waals surface area contributed by atoms with Gasteiger partial charge in [-0.15, -0.1) is 11.3 Å². The smallest absolute Gasteiger partial charge is 0.114 e. The zero-order valence-corrected chi connectivity index (χ0v) is 12.8. The van der Waals surface area contributed by atoms with Crippen molar-refractivity contribution in [1.82, 2.24) is 10.3 Å². The minimum absolute atomic E-state index is 0.137. The van der Waals surface area contributed by atoms with E-state index >= 15 is 0 Å². The van der Waals surface area contributed by atoms with Crippen LogP contribution < -0.4 is 5.32 Å². The largest absolute Gasteiger partial charge is 0.302 e. The Morgan fingerprint density at radius 3 is 2.39 bits per heavy atom. The molecule has 1 aromatic heterocycles. The summed E-state index contributed by atoms with van der Waals surface area (Å²) in [5, 5.41) is 5.30. The fourth-order valence-electron chi connectivity index (χ4n) is 3.30. The van der Waals surface area contributed by atoms with Crippen LogP contribution in [0, 0.1) is 19.3 Å². The number of nitrogens with zero attached hydrogens (tertiary/aromatic N) is 1. The molecule has 18 heavy (non-hydrogen) atoms. The number of nitrogens with one attached hydrogen (secondary N) is 1. The summed E-state index contributed by atoms with van der Waals surface area (Å²) >= 11 is 1.91. The number of aryl methyl sites for hydroxylation is 2. The highest BCUT2D eigenvalue weighted by Gasteiger charge is 2.53. The van der Waals surface area contributed by atoms with Crippen molar-refractivity contribution in [1.29, 1.82) is 0 Å². The second-order valence-corrected chi connectivity index (χ2v) is 7.93. The molecule has 1 aromatic rings. The lowest BCUT2D eigenvalue weighted by atomic mass is 9.75. The molecule has 3 rings (SSSR count). The molecule has 1 N–H and O–H groups in total. The van der Waals surface area contributed by atoms with Crippen LogP contribution in [0.3, 0.4) is 0 Å². The summed E-state index contributed by atoms with van der Waals surface area (Å²) in [7, 11) is 0. The third kappa shape index (κ3) is 1.83. The molecule has 0 spiro atoms. The first-order chi connectivity index (χ1) is 8.45. The Balaban J connectivity index is 2.03. The SMILES string of the molecule is Cc1nc(C2(NC3CC3)CCCC2(C)C)sc1C. The van der Waals surface area contributed by atoms with Crippen LogP contribution in [0.25, 0.3) is 0 Å². The average Bonchev–Trinajstić information content (AvgIpc) is 2.96. The summed E-state index contributed by atoms with van der Waals surface area (Å²) in [6, 6.07) is 0.742. The van der Waals surface area contributed by atoms with Crippen LogP contribution >= 0.6 is 11.3 Å². The normalized spacial score (nSPS) is 30.9. The molecule has 0 radical (unpaired) electrons. The Morgan fingerprint density at radius 2 is 1.94 bits per heavy atom. The monoisotopic (exact) mass is 264 g/mol. The molecular formula is C15H24N2S. The van der Waals surface area contributed by atoms with Crippen LogP contribution in [0.1, 0.15) is 61.5 Å². The minimum Gasteiger partial charge on any atom is -0.302 e. The second-order valence-electron chi connectivity index (χ2n) is 6.72. The average molecular weight is 264 g/mol. The fraction of sp³-hybridized carbons (Fsp3) is 0.800.